The SMILES string of the molecule is CCS(=O)(=O)/N=C1C=C/C(=N\S(=O)(=O)CC)c2ccccc2/1. The standard InChI is InChI=1S/C14H16N2O4S2/c1-3-21(17,18)15-13-9-10-14(16-22(19,20)4-2)12-8-6-5-7-11(12)13/h5-10H,3-4H2,1-2H3/b15-13-,16-14+. The molecule has 8 heteroatoms. The lowest BCUT2D eigenvalue weighted by Gasteiger charge is -2.14. The van der Waals surface area contributed by atoms with Crippen LogP contribution in [0.1, 0.15) is 25.0 Å². The van der Waals surface area contributed by atoms with Crippen molar-refractivity contribution < 1.29 is 16.8 Å². The van der Waals surface area contributed by atoms with Gasteiger partial charge in [0.1, 0.15) is 0 Å². The van der Waals surface area contributed by atoms with Crippen LogP contribution in [0.4, 0.5) is 0 Å². The molecule has 1 aromatic rings. The third-order valence-corrected chi connectivity index (χ3v) is 5.49. The monoisotopic (exact) mass is 340 g/mol. The van der Waals surface area contributed by atoms with E-state index in [1.54, 1.807) is 24.3 Å². The highest BCUT2D eigenvalue weighted by molar-refractivity contribution is 7.90. The molecule has 0 amide bonds. The summed E-state index contributed by atoms with van der Waals surface area (Å²) in [5.74, 6) is -0.199. The van der Waals surface area contributed by atoms with Crippen LogP contribution in [0.3, 0.4) is 0 Å². The number of rotatable bonds is 4. The summed E-state index contributed by atoms with van der Waals surface area (Å²) < 4.78 is 54.3. The van der Waals surface area contributed by atoms with Gasteiger partial charge < -0.3 is 0 Å². The first-order valence-electron chi connectivity index (χ1n) is 6.71. The van der Waals surface area contributed by atoms with E-state index in [-0.39, 0.29) is 22.9 Å². The van der Waals surface area contributed by atoms with Crippen LogP contribution in [-0.4, -0.2) is 39.8 Å². The van der Waals surface area contributed by atoms with Crippen LogP contribution in [0.15, 0.2) is 45.2 Å². The molecule has 0 saturated heterocycles. The molecule has 0 spiro atoms. The molecule has 1 aromatic carbocycles. The van der Waals surface area contributed by atoms with Gasteiger partial charge in [0.25, 0.3) is 20.0 Å². The fraction of sp³-hybridized carbons (Fsp3) is 0.286. The largest absolute Gasteiger partial charge is 0.253 e. The van der Waals surface area contributed by atoms with Crippen molar-refractivity contribution in [2.45, 2.75) is 13.8 Å². The molecule has 0 bridgehead atoms. The van der Waals surface area contributed by atoms with Crippen molar-refractivity contribution in [3.8, 4) is 0 Å². The number of nitrogens with zero attached hydrogens (tertiary/aromatic N) is 2. The summed E-state index contributed by atoms with van der Waals surface area (Å²) in [6.07, 6.45) is 2.94. The Labute approximate surface area is 130 Å². The lowest BCUT2D eigenvalue weighted by molar-refractivity contribution is 0.597. The summed E-state index contributed by atoms with van der Waals surface area (Å²) in [5, 5.41) is 0. The van der Waals surface area contributed by atoms with E-state index < -0.39 is 20.0 Å². The van der Waals surface area contributed by atoms with E-state index in [4.69, 9.17) is 0 Å². The minimum atomic E-state index is -3.54. The molecule has 1 aliphatic rings. The van der Waals surface area contributed by atoms with Crippen molar-refractivity contribution in [2.75, 3.05) is 11.5 Å². The summed E-state index contributed by atoms with van der Waals surface area (Å²) in [4.78, 5) is 0. The van der Waals surface area contributed by atoms with Gasteiger partial charge in [0.15, 0.2) is 0 Å². The number of sulfonamides is 2. The van der Waals surface area contributed by atoms with Gasteiger partial charge in [-0.15, -0.1) is 0 Å². The van der Waals surface area contributed by atoms with Gasteiger partial charge in [0.2, 0.25) is 0 Å². The van der Waals surface area contributed by atoms with Gasteiger partial charge in [-0.1, -0.05) is 24.3 Å². The maximum absolute atomic E-state index is 11.7. The second-order valence-electron chi connectivity index (χ2n) is 4.57. The highest BCUT2D eigenvalue weighted by atomic mass is 32.2. The first kappa shape index (κ1) is 16.6. The molecule has 0 aromatic heterocycles. The van der Waals surface area contributed by atoms with Crippen molar-refractivity contribution in [3.63, 3.8) is 0 Å². The molecule has 1 aliphatic carbocycles. The summed E-state index contributed by atoms with van der Waals surface area (Å²) in [6, 6.07) is 6.85. The van der Waals surface area contributed by atoms with E-state index in [1.165, 1.54) is 26.0 Å². The Morgan fingerprint density at radius 1 is 0.773 bits per heavy atom. The first-order chi connectivity index (χ1) is 10.3. The van der Waals surface area contributed by atoms with E-state index in [0.29, 0.717) is 11.1 Å². The predicted molar refractivity (Wildman–Crippen MR) is 87.6 cm³/mol. The van der Waals surface area contributed by atoms with Gasteiger partial charge in [-0.05, 0) is 26.0 Å². The molecule has 0 atom stereocenters. The van der Waals surface area contributed by atoms with Gasteiger partial charge in [-0.2, -0.15) is 8.80 Å². The van der Waals surface area contributed by atoms with E-state index in [2.05, 4.69) is 8.80 Å². The molecule has 118 valence electrons. The van der Waals surface area contributed by atoms with Crippen LogP contribution in [0, 0.1) is 0 Å². The Balaban J connectivity index is 2.63. The first-order valence-corrected chi connectivity index (χ1v) is 9.93. The Morgan fingerprint density at radius 3 is 1.45 bits per heavy atom. The quantitative estimate of drug-likeness (QED) is 0.831. The molecule has 22 heavy (non-hydrogen) atoms. The molecule has 0 heterocycles. The predicted octanol–water partition coefficient (Wildman–Crippen LogP) is 1.53. The van der Waals surface area contributed by atoms with Crippen LogP contribution in [0.25, 0.3) is 0 Å². The zero-order valence-corrected chi connectivity index (χ0v) is 13.9. The molecule has 0 fully saturated rings. The Hall–Kier alpha value is -1.80. The summed E-state index contributed by atoms with van der Waals surface area (Å²) in [7, 11) is -7.08. The van der Waals surface area contributed by atoms with Gasteiger partial charge in [-0.25, -0.2) is 16.8 Å². The number of benzene rings is 1. The second kappa shape index (κ2) is 6.13. The topological polar surface area (TPSA) is 93.0 Å². The van der Waals surface area contributed by atoms with Gasteiger partial charge in [-0.3, -0.25) is 0 Å². The summed E-state index contributed by atoms with van der Waals surface area (Å²) in [6.45, 7) is 3.02. The Kier molecular flexibility index (Phi) is 4.62. The summed E-state index contributed by atoms with van der Waals surface area (Å²) in [5.41, 5.74) is 1.66. The molecular formula is C14H16N2O4S2. The molecule has 2 rings (SSSR count). The molecule has 6 nitrogen and oxygen atoms in total. The van der Waals surface area contributed by atoms with Gasteiger partial charge in [0.05, 0.1) is 22.9 Å². The average molecular weight is 340 g/mol. The third kappa shape index (κ3) is 3.69. The van der Waals surface area contributed by atoms with Gasteiger partial charge >= 0.3 is 0 Å². The average Bonchev–Trinajstić information content (AvgIpc) is 2.49. The second-order valence-corrected chi connectivity index (χ2v) is 8.42. The normalized spacial score (nSPS) is 18.6. The van der Waals surface area contributed by atoms with Gasteiger partial charge in [0, 0.05) is 11.1 Å². The summed E-state index contributed by atoms with van der Waals surface area (Å²) >= 11 is 0. The Morgan fingerprint density at radius 2 is 1.14 bits per heavy atom. The Bertz CT molecular complexity index is 806. The van der Waals surface area contributed by atoms with E-state index >= 15 is 0 Å². The number of hydrogen-bond donors (Lipinski definition) is 0. The van der Waals surface area contributed by atoms with Crippen molar-refractivity contribution in [1.82, 2.24) is 0 Å². The van der Waals surface area contributed by atoms with E-state index in [9.17, 15) is 16.8 Å². The minimum absolute atomic E-state index is 0.0995. The third-order valence-electron chi connectivity index (χ3n) is 3.08. The van der Waals surface area contributed by atoms with E-state index in [1.807, 2.05) is 0 Å². The highest BCUT2D eigenvalue weighted by Gasteiger charge is 2.19. The zero-order valence-electron chi connectivity index (χ0n) is 12.2. The zero-order chi connectivity index (χ0) is 16.4. The molecule has 0 N–H and O–H groups in total. The van der Waals surface area contributed by atoms with Crippen molar-refractivity contribution in [1.29, 1.82) is 0 Å². The molecular weight excluding hydrogens is 324 g/mol. The number of fused-ring (bicyclic) bond motifs is 1. The van der Waals surface area contributed by atoms with Crippen molar-refractivity contribution in [3.05, 3.63) is 47.5 Å². The lowest BCUT2D eigenvalue weighted by atomic mass is 9.94. The highest BCUT2D eigenvalue weighted by Crippen LogP contribution is 2.19. The molecule has 0 unspecified atom stereocenters. The van der Waals surface area contributed by atoms with E-state index in [0.717, 1.165) is 0 Å². The van der Waals surface area contributed by atoms with Crippen LogP contribution < -0.4 is 0 Å². The maximum atomic E-state index is 11.7. The smallest absolute Gasteiger partial charge is 0.205 e. The molecule has 0 radical (unpaired) electrons. The molecule has 0 aliphatic heterocycles. The number of allylic oxidation sites excluding steroid dienone is 2. The minimum Gasteiger partial charge on any atom is -0.205 e. The van der Waals surface area contributed by atoms with Crippen molar-refractivity contribution in [2.24, 2.45) is 8.80 Å². The van der Waals surface area contributed by atoms with Crippen LogP contribution in [0.2, 0.25) is 0 Å². The lowest BCUT2D eigenvalue weighted by Crippen LogP contribution is -2.16. The number of hydrogen-bond acceptors (Lipinski definition) is 4. The van der Waals surface area contributed by atoms with Crippen LogP contribution >= 0.6 is 0 Å². The fourth-order valence-electron chi connectivity index (χ4n) is 1.86. The molecule has 0 saturated carbocycles. The van der Waals surface area contributed by atoms with Crippen LogP contribution in [-0.2, 0) is 20.0 Å². The van der Waals surface area contributed by atoms with Crippen LogP contribution in [0.5, 0.6) is 0 Å². The maximum Gasteiger partial charge on any atom is 0.253 e. The fourth-order valence-corrected chi connectivity index (χ4v) is 3.03. The van der Waals surface area contributed by atoms with Crippen molar-refractivity contribution >= 4 is 31.5 Å².